The number of nitrogens with one attached hydrogen (secondary N) is 1. The molecule has 0 unspecified atom stereocenters. The Kier molecular flexibility index (Phi) is 7.41. The first kappa shape index (κ1) is 22.1. The van der Waals surface area contributed by atoms with Crippen LogP contribution < -0.4 is 5.32 Å². The average molecular weight is 434 g/mol. The van der Waals surface area contributed by atoms with Gasteiger partial charge >= 0.3 is 0 Å². The highest BCUT2D eigenvalue weighted by atomic mass is 32.2. The fraction of sp³-hybridized carbons (Fsp3) is 0.125. The van der Waals surface area contributed by atoms with Gasteiger partial charge in [0, 0.05) is 24.2 Å². The van der Waals surface area contributed by atoms with Crippen molar-refractivity contribution in [3.63, 3.8) is 0 Å². The van der Waals surface area contributed by atoms with E-state index in [4.69, 9.17) is 5.26 Å². The molecule has 7 heteroatoms. The van der Waals surface area contributed by atoms with Gasteiger partial charge in [0.1, 0.15) is 5.82 Å². The minimum absolute atomic E-state index is 0.106. The number of nitrogens with zero attached hydrogens (tertiary/aromatic N) is 2. The maximum absolute atomic E-state index is 13.4. The predicted molar refractivity (Wildman–Crippen MR) is 119 cm³/mol. The molecule has 0 spiro atoms. The quantitative estimate of drug-likeness (QED) is 0.548. The van der Waals surface area contributed by atoms with E-state index in [1.807, 2.05) is 6.07 Å². The SMILES string of the molecule is CN(Cc1cccc(F)c1)C(=O)c1ccccc1SCC(=O)Nc1cccc(C#N)c1. The molecule has 5 nitrogen and oxygen atoms in total. The summed E-state index contributed by atoms with van der Waals surface area (Å²) in [6, 6.07) is 21.9. The van der Waals surface area contributed by atoms with Crippen LogP contribution in [0.3, 0.4) is 0 Å². The van der Waals surface area contributed by atoms with Crippen LogP contribution in [0.25, 0.3) is 0 Å². The van der Waals surface area contributed by atoms with Gasteiger partial charge < -0.3 is 10.2 Å². The molecular formula is C24H20FN3O2S. The molecule has 1 N–H and O–H groups in total. The zero-order valence-electron chi connectivity index (χ0n) is 16.8. The summed E-state index contributed by atoms with van der Waals surface area (Å²) in [5.41, 5.74) is 2.18. The first-order chi connectivity index (χ1) is 15.0. The third kappa shape index (κ3) is 6.17. The molecule has 0 aliphatic rings. The van der Waals surface area contributed by atoms with Crippen LogP contribution in [0, 0.1) is 17.1 Å². The number of carbonyl (C=O) groups is 2. The number of thioether (sulfide) groups is 1. The zero-order valence-corrected chi connectivity index (χ0v) is 17.7. The van der Waals surface area contributed by atoms with Gasteiger partial charge in [-0.25, -0.2) is 4.39 Å². The smallest absolute Gasteiger partial charge is 0.255 e. The highest BCUT2D eigenvalue weighted by Gasteiger charge is 2.17. The molecule has 0 aromatic heterocycles. The fourth-order valence-corrected chi connectivity index (χ4v) is 3.81. The summed E-state index contributed by atoms with van der Waals surface area (Å²) in [6.07, 6.45) is 0. The molecule has 3 aromatic carbocycles. The van der Waals surface area contributed by atoms with E-state index in [0.29, 0.717) is 27.3 Å². The summed E-state index contributed by atoms with van der Waals surface area (Å²) < 4.78 is 13.4. The normalized spacial score (nSPS) is 10.2. The Morgan fingerprint density at radius 1 is 1.06 bits per heavy atom. The van der Waals surface area contributed by atoms with Crippen molar-refractivity contribution in [3.8, 4) is 6.07 Å². The van der Waals surface area contributed by atoms with Crippen LogP contribution in [0.1, 0.15) is 21.5 Å². The molecule has 0 fully saturated rings. The summed E-state index contributed by atoms with van der Waals surface area (Å²) in [7, 11) is 1.66. The fourth-order valence-electron chi connectivity index (χ4n) is 2.96. The van der Waals surface area contributed by atoms with Gasteiger partial charge in [0.15, 0.2) is 0 Å². The molecule has 0 heterocycles. The van der Waals surface area contributed by atoms with Crippen LogP contribution in [0.2, 0.25) is 0 Å². The maximum atomic E-state index is 13.4. The number of hydrogen-bond acceptors (Lipinski definition) is 4. The second-order valence-electron chi connectivity index (χ2n) is 6.82. The number of carbonyl (C=O) groups excluding carboxylic acids is 2. The molecule has 0 radical (unpaired) electrons. The molecule has 3 rings (SSSR count). The highest BCUT2D eigenvalue weighted by molar-refractivity contribution is 8.00. The van der Waals surface area contributed by atoms with Gasteiger partial charge in [0.2, 0.25) is 5.91 Å². The Morgan fingerprint density at radius 2 is 1.84 bits per heavy atom. The van der Waals surface area contributed by atoms with E-state index in [1.165, 1.54) is 28.8 Å². The number of nitriles is 1. The standard InChI is InChI=1S/C24H20FN3O2S/c1-28(15-18-7-4-8-19(25)12-18)24(30)21-10-2-3-11-22(21)31-16-23(29)27-20-9-5-6-17(13-20)14-26/h2-13H,15-16H2,1H3,(H,27,29). The lowest BCUT2D eigenvalue weighted by Crippen LogP contribution is -2.26. The lowest BCUT2D eigenvalue weighted by atomic mass is 10.1. The molecule has 0 aliphatic heterocycles. The van der Waals surface area contributed by atoms with Gasteiger partial charge in [-0.2, -0.15) is 5.26 Å². The van der Waals surface area contributed by atoms with Gasteiger partial charge in [0.25, 0.3) is 5.91 Å². The number of halogens is 1. The van der Waals surface area contributed by atoms with Crippen molar-refractivity contribution in [2.75, 3.05) is 18.1 Å². The molecule has 31 heavy (non-hydrogen) atoms. The van der Waals surface area contributed by atoms with Crippen LogP contribution in [0.4, 0.5) is 10.1 Å². The Morgan fingerprint density at radius 3 is 2.61 bits per heavy atom. The Hall–Kier alpha value is -3.63. The Bertz CT molecular complexity index is 1140. The largest absolute Gasteiger partial charge is 0.337 e. The molecule has 0 saturated heterocycles. The van der Waals surface area contributed by atoms with Crippen molar-refractivity contribution in [2.45, 2.75) is 11.4 Å². The maximum Gasteiger partial charge on any atom is 0.255 e. The zero-order chi connectivity index (χ0) is 22.2. The van der Waals surface area contributed by atoms with Crippen LogP contribution in [0.15, 0.2) is 77.7 Å². The third-order valence-corrected chi connectivity index (χ3v) is 5.48. The Balaban J connectivity index is 1.64. The van der Waals surface area contributed by atoms with Gasteiger partial charge in [-0.15, -0.1) is 11.8 Å². The minimum atomic E-state index is -0.347. The number of amides is 2. The predicted octanol–water partition coefficient (Wildman–Crippen LogP) is 4.70. The van der Waals surface area contributed by atoms with Gasteiger partial charge in [0.05, 0.1) is 22.9 Å². The summed E-state index contributed by atoms with van der Waals surface area (Å²) in [5, 5.41) is 11.7. The van der Waals surface area contributed by atoms with E-state index in [-0.39, 0.29) is 29.9 Å². The van der Waals surface area contributed by atoms with Crippen molar-refractivity contribution in [1.29, 1.82) is 5.26 Å². The van der Waals surface area contributed by atoms with E-state index in [2.05, 4.69) is 5.32 Å². The molecule has 0 bridgehead atoms. The molecule has 0 atom stereocenters. The summed E-state index contributed by atoms with van der Waals surface area (Å²) in [4.78, 5) is 27.5. The average Bonchev–Trinajstić information content (AvgIpc) is 2.77. The van der Waals surface area contributed by atoms with Crippen molar-refractivity contribution in [1.82, 2.24) is 4.90 Å². The number of anilines is 1. The lowest BCUT2D eigenvalue weighted by molar-refractivity contribution is -0.113. The minimum Gasteiger partial charge on any atom is -0.337 e. The molecular weight excluding hydrogens is 413 g/mol. The Labute approximate surface area is 184 Å². The summed E-state index contributed by atoms with van der Waals surface area (Å²) in [6.45, 7) is 0.269. The van der Waals surface area contributed by atoms with E-state index >= 15 is 0 Å². The second-order valence-corrected chi connectivity index (χ2v) is 7.83. The third-order valence-electron chi connectivity index (χ3n) is 4.41. The number of rotatable bonds is 7. The van der Waals surface area contributed by atoms with E-state index in [9.17, 15) is 14.0 Å². The van der Waals surface area contributed by atoms with E-state index in [1.54, 1.807) is 67.7 Å². The molecule has 0 saturated carbocycles. The first-order valence-electron chi connectivity index (χ1n) is 9.48. The summed E-state index contributed by atoms with van der Waals surface area (Å²) in [5.74, 6) is -0.695. The monoisotopic (exact) mass is 433 g/mol. The number of hydrogen-bond donors (Lipinski definition) is 1. The van der Waals surface area contributed by atoms with Gasteiger partial charge in [-0.1, -0.05) is 30.3 Å². The molecule has 0 aliphatic carbocycles. The van der Waals surface area contributed by atoms with Crippen LogP contribution >= 0.6 is 11.8 Å². The van der Waals surface area contributed by atoms with Gasteiger partial charge in [-0.3, -0.25) is 9.59 Å². The van der Waals surface area contributed by atoms with E-state index < -0.39 is 0 Å². The number of benzene rings is 3. The van der Waals surface area contributed by atoms with Crippen LogP contribution in [0.5, 0.6) is 0 Å². The van der Waals surface area contributed by atoms with Crippen molar-refractivity contribution in [3.05, 3.63) is 95.3 Å². The van der Waals surface area contributed by atoms with E-state index in [0.717, 1.165) is 0 Å². The molecule has 156 valence electrons. The second kappa shape index (κ2) is 10.4. The highest BCUT2D eigenvalue weighted by Crippen LogP contribution is 2.24. The topological polar surface area (TPSA) is 73.2 Å². The van der Waals surface area contributed by atoms with Crippen LogP contribution in [-0.2, 0) is 11.3 Å². The van der Waals surface area contributed by atoms with Gasteiger partial charge in [-0.05, 0) is 48.0 Å². The molecule has 2 amide bonds. The van der Waals surface area contributed by atoms with Crippen molar-refractivity contribution < 1.29 is 14.0 Å². The summed E-state index contributed by atoms with van der Waals surface area (Å²) >= 11 is 1.25. The first-order valence-corrected chi connectivity index (χ1v) is 10.5. The lowest BCUT2D eigenvalue weighted by Gasteiger charge is -2.19. The van der Waals surface area contributed by atoms with Crippen molar-refractivity contribution >= 4 is 29.3 Å². The molecule has 3 aromatic rings. The van der Waals surface area contributed by atoms with Crippen molar-refractivity contribution in [2.24, 2.45) is 0 Å². The van der Waals surface area contributed by atoms with Crippen LogP contribution in [-0.4, -0.2) is 29.5 Å².